The molecule has 166 valence electrons. The Hall–Kier alpha value is -4.24. The lowest BCUT2D eigenvalue weighted by Crippen LogP contribution is -2.62. The monoisotopic (exact) mass is 448 g/mol. The van der Waals surface area contributed by atoms with Crippen molar-refractivity contribution in [1.29, 1.82) is 0 Å². The highest BCUT2D eigenvalue weighted by molar-refractivity contribution is 7.00. The smallest absolute Gasteiger partial charge is 0.252 e. The number of para-hydroxylation sites is 3. The minimum absolute atomic E-state index is 0.188. The fourth-order valence-corrected chi connectivity index (χ4v) is 6.10. The van der Waals surface area contributed by atoms with Gasteiger partial charge < -0.3 is 9.80 Å². The maximum Gasteiger partial charge on any atom is 0.252 e. The Labute approximate surface area is 207 Å². The van der Waals surface area contributed by atoms with Crippen LogP contribution in [0.1, 0.15) is 11.1 Å². The molecule has 0 aliphatic carbocycles. The zero-order chi connectivity index (χ0) is 23.5. The van der Waals surface area contributed by atoms with Gasteiger partial charge in [0, 0.05) is 34.1 Å². The van der Waals surface area contributed by atoms with Crippen LogP contribution >= 0.6 is 0 Å². The van der Waals surface area contributed by atoms with E-state index in [1.807, 2.05) is 0 Å². The second kappa shape index (κ2) is 7.64. The summed E-state index contributed by atoms with van der Waals surface area (Å²) in [5.41, 5.74) is 14.2. The van der Waals surface area contributed by atoms with Gasteiger partial charge in [-0.2, -0.15) is 0 Å². The van der Waals surface area contributed by atoms with Gasteiger partial charge in [-0.15, -0.1) is 0 Å². The molecule has 5 aromatic carbocycles. The maximum atomic E-state index is 2.46. The Kier molecular flexibility index (Phi) is 4.40. The van der Waals surface area contributed by atoms with Gasteiger partial charge in [0.25, 0.3) is 6.71 Å². The van der Waals surface area contributed by atoms with E-state index in [-0.39, 0.29) is 6.71 Å². The summed E-state index contributed by atoms with van der Waals surface area (Å²) >= 11 is 0. The molecule has 0 N–H and O–H groups in total. The molecule has 35 heavy (non-hydrogen) atoms. The summed E-state index contributed by atoms with van der Waals surface area (Å²) in [6, 6.07) is 41.9. The van der Waals surface area contributed by atoms with Crippen LogP contribution in [-0.2, 0) is 0 Å². The molecule has 7 rings (SSSR count). The van der Waals surface area contributed by atoms with Crippen molar-refractivity contribution in [3.8, 4) is 0 Å². The van der Waals surface area contributed by atoms with E-state index >= 15 is 0 Å². The molecule has 2 nitrogen and oxygen atoms in total. The largest absolute Gasteiger partial charge is 0.311 e. The lowest BCUT2D eigenvalue weighted by atomic mass is 9.33. The Morgan fingerprint density at radius 3 is 1.69 bits per heavy atom. The average molecular weight is 448 g/mol. The Morgan fingerprint density at radius 2 is 1.03 bits per heavy atom. The van der Waals surface area contributed by atoms with E-state index in [9.17, 15) is 0 Å². The molecule has 0 spiro atoms. The van der Waals surface area contributed by atoms with Crippen LogP contribution in [0.15, 0.2) is 115 Å². The van der Waals surface area contributed by atoms with Crippen LogP contribution in [0.25, 0.3) is 0 Å². The van der Waals surface area contributed by atoms with Gasteiger partial charge in [-0.05, 0) is 84.3 Å². The predicted octanol–water partition coefficient (Wildman–Crippen LogP) is 6.39. The summed E-state index contributed by atoms with van der Waals surface area (Å²) < 4.78 is 0. The molecule has 2 aliphatic rings. The molecule has 0 amide bonds. The lowest BCUT2D eigenvalue weighted by Gasteiger charge is -2.44. The summed E-state index contributed by atoms with van der Waals surface area (Å²) in [5, 5.41) is 0. The number of aryl methyl sites for hydroxylation is 2. The molecule has 0 saturated carbocycles. The zero-order valence-corrected chi connectivity index (χ0v) is 19.9. The van der Waals surface area contributed by atoms with E-state index in [1.54, 1.807) is 0 Å². The summed E-state index contributed by atoms with van der Waals surface area (Å²) in [5.74, 6) is 0. The van der Waals surface area contributed by atoms with Gasteiger partial charge in [0.2, 0.25) is 0 Å². The fraction of sp³-hybridized carbons (Fsp3) is 0.0625. The molecule has 0 saturated heterocycles. The first-order valence-electron chi connectivity index (χ1n) is 12.3. The normalized spacial score (nSPS) is 13.3. The van der Waals surface area contributed by atoms with E-state index < -0.39 is 0 Å². The van der Waals surface area contributed by atoms with Crippen LogP contribution in [0.4, 0.5) is 34.1 Å². The predicted molar refractivity (Wildman–Crippen MR) is 150 cm³/mol. The van der Waals surface area contributed by atoms with Crippen LogP contribution in [0.2, 0.25) is 0 Å². The van der Waals surface area contributed by atoms with Gasteiger partial charge in [-0.1, -0.05) is 72.3 Å². The second-order valence-corrected chi connectivity index (χ2v) is 9.56. The van der Waals surface area contributed by atoms with E-state index in [1.165, 1.54) is 61.6 Å². The third kappa shape index (κ3) is 2.91. The van der Waals surface area contributed by atoms with E-state index in [4.69, 9.17) is 0 Å². The molecular formula is C32H25BN2. The third-order valence-corrected chi connectivity index (χ3v) is 7.39. The molecular weight excluding hydrogens is 423 g/mol. The minimum Gasteiger partial charge on any atom is -0.311 e. The van der Waals surface area contributed by atoms with E-state index in [0.29, 0.717) is 0 Å². The van der Waals surface area contributed by atoms with E-state index in [2.05, 4.69) is 139 Å². The number of anilines is 6. The van der Waals surface area contributed by atoms with Gasteiger partial charge in [0.15, 0.2) is 0 Å². The van der Waals surface area contributed by atoms with Crippen LogP contribution in [0.3, 0.4) is 0 Å². The topological polar surface area (TPSA) is 6.48 Å². The molecule has 0 radical (unpaired) electrons. The van der Waals surface area contributed by atoms with Crippen LogP contribution in [0, 0.1) is 13.8 Å². The summed E-state index contributed by atoms with van der Waals surface area (Å²) in [4.78, 5) is 4.89. The first kappa shape index (κ1) is 20.2. The molecule has 3 heteroatoms. The molecule has 0 bridgehead atoms. The fourth-order valence-electron chi connectivity index (χ4n) is 6.10. The highest BCUT2D eigenvalue weighted by Crippen LogP contribution is 2.43. The van der Waals surface area contributed by atoms with Crippen molar-refractivity contribution >= 4 is 57.2 Å². The Morgan fingerprint density at radius 1 is 0.486 bits per heavy atom. The van der Waals surface area contributed by atoms with Crippen LogP contribution in [-0.4, -0.2) is 6.71 Å². The van der Waals surface area contributed by atoms with Gasteiger partial charge in [-0.25, -0.2) is 0 Å². The highest BCUT2D eigenvalue weighted by Gasteiger charge is 2.43. The Balaban J connectivity index is 1.61. The first-order chi connectivity index (χ1) is 17.2. The van der Waals surface area contributed by atoms with E-state index in [0.717, 1.165) is 0 Å². The maximum absolute atomic E-state index is 2.46. The van der Waals surface area contributed by atoms with Crippen molar-refractivity contribution in [3.63, 3.8) is 0 Å². The molecule has 0 aromatic heterocycles. The quantitative estimate of drug-likeness (QED) is 0.283. The average Bonchev–Trinajstić information content (AvgIpc) is 2.89. The van der Waals surface area contributed by atoms with Gasteiger partial charge >= 0.3 is 0 Å². The number of hydrogen-bond donors (Lipinski definition) is 0. The molecule has 2 heterocycles. The molecule has 0 atom stereocenters. The number of nitrogens with zero attached hydrogens (tertiary/aromatic N) is 2. The summed E-state index contributed by atoms with van der Waals surface area (Å²) in [7, 11) is 0. The van der Waals surface area contributed by atoms with Crippen molar-refractivity contribution < 1.29 is 0 Å². The number of fused-ring (bicyclic) bond motifs is 4. The standard InChI is InChI=1S/C32H25BN2/c1-22-20-23(2)31-30(21-22)35(25-14-7-4-8-15-25)29-19-11-18-28-32(29)33(31)26-16-9-10-17-27(26)34(28)24-12-5-3-6-13-24/h3-21H,1-2H3. The van der Waals surface area contributed by atoms with Gasteiger partial charge in [-0.3, -0.25) is 0 Å². The summed E-state index contributed by atoms with van der Waals surface area (Å²) in [6.07, 6.45) is 0. The summed E-state index contributed by atoms with van der Waals surface area (Å²) in [6.45, 7) is 4.66. The SMILES string of the molecule is Cc1cc(C)c2c(c1)N(c1ccccc1)c1cccc3c1B2c1ccccc1N3c1ccccc1. The van der Waals surface area contributed by atoms with Gasteiger partial charge in [0.05, 0.1) is 0 Å². The van der Waals surface area contributed by atoms with Gasteiger partial charge in [0.1, 0.15) is 0 Å². The molecule has 2 aliphatic heterocycles. The molecule has 0 unspecified atom stereocenters. The number of hydrogen-bond acceptors (Lipinski definition) is 2. The minimum atomic E-state index is 0.188. The van der Waals surface area contributed by atoms with Crippen molar-refractivity contribution in [3.05, 3.63) is 126 Å². The van der Waals surface area contributed by atoms with Crippen molar-refractivity contribution in [1.82, 2.24) is 0 Å². The third-order valence-electron chi connectivity index (χ3n) is 7.39. The van der Waals surface area contributed by atoms with Crippen molar-refractivity contribution in [2.45, 2.75) is 13.8 Å². The molecule has 5 aromatic rings. The van der Waals surface area contributed by atoms with Crippen molar-refractivity contribution in [2.75, 3.05) is 9.80 Å². The number of benzene rings is 5. The zero-order valence-electron chi connectivity index (χ0n) is 19.9. The van der Waals surface area contributed by atoms with Crippen LogP contribution in [0.5, 0.6) is 0 Å². The molecule has 0 fully saturated rings. The second-order valence-electron chi connectivity index (χ2n) is 9.56. The number of rotatable bonds is 2. The van der Waals surface area contributed by atoms with Crippen LogP contribution < -0.4 is 26.2 Å². The lowest BCUT2D eigenvalue weighted by molar-refractivity contribution is 1.24. The van der Waals surface area contributed by atoms with Crippen molar-refractivity contribution in [2.24, 2.45) is 0 Å². The highest BCUT2D eigenvalue weighted by atomic mass is 15.2. The Bertz CT molecular complexity index is 1580. The first-order valence-corrected chi connectivity index (χ1v) is 12.3.